The molecule has 0 aromatic carbocycles. The van der Waals surface area contributed by atoms with E-state index >= 15 is 0 Å². The highest BCUT2D eigenvalue weighted by Crippen LogP contribution is 2.22. The summed E-state index contributed by atoms with van der Waals surface area (Å²) in [5.41, 5.74) is 0. The van der Waals surface area contributed by atoms with E-state index in [1.165, 1.54) is 0 Å². The molecule has 3 nitrogen and oxygen atoms in total. The van der Waals surface area contributed by atoms with E-state index in [4.69, 9.17) is 4.74 Å². The normalized spacial score (nSPS) is 45.6. The summed E-state index contributed by atoms with van der Waals surface area (Å²) < 4.78 is 5.57. The molecule has 0 amide bonds. The Kier molecular flexibility index (Phi) is 3.10. The molecule has 82 valence electrons. The molecule has 2 rings (SSSR count). The van der Waals surface area contributed by atoms with Crippen molar-refractivity contribution < 1.29 is 4.74 Å². The van der Waals surface area contributed by atoms with Crippen molar-refractivity contribution in [1.82, 2.24) is 10.2 Å². The Morgan fingerprint density at radius 1 is 1.29 bits per heavy atom. The highest BCUT2D eigenvalue weighted by molar-refractivity contribution is 4.92. The van der Waals surface area contributed by atoms with E-state index in [0.717, 1.165) is 32.2 Å². The summed E-state index contributed by atoms with van der Waals surface area (Å²) in [7, 11) is 0. The van der Waals surface area contributed by atoms with Crippen LogP contribution in [-0.2, 0) is 4.74 Å². The number of hydrogen-bond acceptors (Lipinski definition) is 3. The lowest BCUT2D eigenvalue weighted by Gasteiger charge is -2.41. The maximum absolute atomic E-state index is 5.57. The second kappa shape index (κ2) is 4.17. The predicted octanol–water partition coefficient (Wildman–Crippen LogP) is 0.703. The van der Waals surface area contributed by atoms with E-state index in [9.17, 15) is 0 Å². The van der Waals surface area contributed by atoms with E-state index < -0.39 is 0 Å². The number of nitrogens with zero attached hydrogens (tertiary/aromatic N) is 1. The van der Waals surface area contributed by atoms with Crippen LogP contribution in [0.5, 0.6) is 0 Å². The van der Waals surface area contributed by atoms with Gasteiger partial charge in [-0.25, -0.2) is 0 Å². The van der Waals surface area contributed by atoms with E-state index in [0.29, 0.717) is 18.1 Å². The number of hydrogen-bond donors (Lipinski definition) is 1. The average Bonchev–Trinajstić information content (AvgIpc) is 2.33. The molecule has 2 aliphatic heterocycles. The monoisotopic (exact) mass is 198 g/mol. The smallest absolute Gasteiger partial charge is 0.0637 e. The molecule has 0 saturated carbocycles. The minimum absolute atomic E-state index is 0.558. The molecule has 2 heterocycles. The molecule has 3 heteroatoms. The topological polar surface area (TPSA) is 24.5 Å². The maximum Gasteiger partial charge on any atom is 0.0637 e. The standard InChI is InChI=1S/C11H22N2O/c1-8-6-12-9(2)11-7-14-5-4-13(11)10(8)3/h8-12H,4-7H2,1-3H3/t8-,9-,10-,11+/m1/s1. The van der Waals surface area contributed by atoms with Gasteiger partial charge in [0.15, 0.2) is 0 Å². The highest BCUT2D eigenvalue weighted by Gasteiger charge is 2.35. The fraction of sp³-hybridized carbons (Fsp3) is 1.00. The Balaban J connectivity index is 2.13. The Hall–Kier alpha value is -0.120. The van der Waals surface area contributed by atoms with Crippen LogP contribution in [0, 0.1) is 5.92 Å². The minimum atomic E-state index is 0.558. The van der Waals surface area contributed by atoms with Gasteiger partial charge in [-0.1, -0.05) is 6.92 Å². The number of fused-ring (bicyclic) bond motifs is 1. The zero-order chi connectivity index (χ0) is 10.1. The van der Waals surface area contributed by atoms with Crippen LogP contribution in [0.2, 0.25) is 0 Å². The summed E-state index contributed by atoms with van der Waals surface area (Å²) in [6, 6.07) is 1.81. The van der Waals surface area contributed by atoms with Crippen LogP contribution in [-0.4, -0.2) is 49.3 Å². The molecule has 4 atom stereocenters. The first kappa shape index (κ1) is 10.4. The second-order valence-corrected chi connectivity index (χ2v) is 4.79. The molecule has 0 aliphatic carbocycles. The van der Waals surface area contributed by atoms with Gasteiger partial charge in [-0.15, -0.1) is 0 Å². The van der Waals surface area contributed by atoms with Crippen LogP contribution >= 0.6 is 0 Å². The lowest BCUT2D eigenvalue weighted by Crippen LogP contribution is -2.55. The van der Waals surface area contributed by atoms with Crippen molar-refractivity contribution in [3.8, 4) is 0 Å². The summed E-state index contributed by atoms with van der Waals surface area (Å²) in [5, 5.41) is 3.60. The van der Waals surface area contributed by atoms with Gasteiger partial charge < -0.3 is 10.1 Å². The van der Waals surface area contributed by atoms with Gasteiger partial charge in [0.2, 0.25) is 0 Å². The number of ether oxygens (including phenoxy) is 1. The number of rotatable bonds is 0. The van der Waals surface area contributed by atoms with Crippen molar-refractivity contribution in [2.45, 2.75) is 38.9 Å². The van der Waals surface area contributed by atoms with Gasteiger partial charge in [0, 0.05) is 24.7 Å². The quantitative estimate of drug-likeness (QED) is 0.620. The molecule has 0 bridgehead atoms. The number of morpholine rings is 1. The van der Waals surface area contributed by atoms with Gasteiger partial charge in [0.05, 0.1) is 13.2 Å². The minimum Gasteiger partial charge on any atom is -0.378 e. The average molecular weight is 198 g/mol. The van der Waals surface area contributed by atoms with Gasteiger partial charge in [-0.3, -0.25) is 4.90 Å². The van der Waals surface area contributed by atoms with Crippen LogP contribution in [0.25, 0.3) is 0 Å². The summed E-state index contributed by atoms with van der Waals surface area (Å²) >= 11 is 0. The highest BCUT2D eigenvalue weighted by atomic mass is 16.5. The third kappa shape index (κ3) is 1.81. The molecular formula is C11H22N2O. The molecule has 2 aliphatic rings. The zero-order valence-electron chi connectivity index (χ0n) is 9.49. The first-order valence-corrected chi connectivity index (χ1v) is 5.77. The van der Waals surface area contributed by atoms with E-state index in [1.807, 2.05) is 0 Å². The molecular weight excluding hydrogens is 176 g/mol. The molecule has 2 fully saturated rings. The van der Waals surface area contributed by atoms with Gasteiger partial charge >= 0.3 is 0 Å². The van der Waals surface area contributed by atoms with Crippen molar-refractivity contribution >= 4 is 0 Å². The lowest BCUT2D eigenvalue weighted by molar-refractivity contribution is -0.0351. The van der Waals surface area contributed by atoms with Crippen molar-refractivity contribution in [3.05, 3.63) is 0 Å². The molecule has 0 radical (unpaired) electrons. The van der Waals surface area contributed by atoms with Crippen molar-refractivity contribution in [2.75, 3.05) is 26.3 Å². The van der Waals surface area contributed by atoms with Crippen molar-refractivity contribution in [1.29, 1.82) is 0 Å². The summed E-state index contributed by atoms with van der Waals surface area (Å²) in [6.07, 6.45) is 0. The predicted molar refractivity (Wildman–Crippen MR) is 57.4 cm³/mol. The van der Waals surface area contributed by atoms with E-state index in [1.54, 1.807) is 0 Å². The fourth-order valence-corrected chi connectivity index (χ4v) is 2.58. The number of nitrogens with one attached hydrogen (secondary N) is 1. The molecule has 2 saturated heterocycles. The first-order valence-electron chi connectivity index (χ1n) is 5.77. The summed E-state index contributed by atoms with van der Waals surface area (Å²) in [5.74, 6) is 0.737. The van der Waals surface area contributed by atoms with Crippen LogP contribution in [0.3, 0.4) is 0 Å². The first-order chi connectivity index (χ1) is 6.70. The van der Waals surface area contributed by atoms with Crippen LogP contribution < -0.4 is 5.32 Å². The Morgan fingerprint density at radius 2 is 2.07 bits per heavy atom. The molecule has 14 heavy (non-hydrogen) atoms. The molecule has 0 aromatic heterocycles. The zero-order valence-corrected chi connectivity index (χ0v) is 9.49. The lowest BCUT2D eigenvalue weighted by atomic mass is 10.0. The Labute approximate surface area is 86.8 Å². The molecule has 0 unspecified atom stereocenters. The summed E-state index contributed by atoms with van der Waals surface area (Å²) in [4.78, 5) is 2.62. The van der Waals surface area contributed by atoms with Crippen molar-refractivity contribution in [3.63, 3.8) is 0 Å². The Bertz CT molecular complexity index is 198. The fourth-order valence-electron chi connectivity index (χ4n) is 2.58. The largest absolute Gasteiger partial charge is 0.378 e. The maximum atomic E-state index is 5.57. The SMILES string of the molecule is C[C@@H]1CN[C@H](C)[C@@H]2COCCN2[C@@H]1C. The van der Waals surface area contributed by atoms with Crippen molar-refractivity contribution in [2.24, 2.45) is 5.92 Å². The van der Waals surface area contributed by atoms with Gasteiger partial charge in [-0.05, 0) is 26.3 Å². The van der Waals surface area contributed by atoms with Gasteiger partial charge in [0.1, 0.15) is 0 Å². The Morgan fingerprint density at radius 3 is 2.86 bits per heavy atom. The second-order valence-electron chi connectivity index (χ2n) is 4.79. The van der Waals surface area contributed by atoms with E-state index in [-0.39, 0.29) is 0 Å². The molecule has 0 aromatic rings. The third-order valence-electron chi connectivity index (χ3n) is 3.89. The van der Waals surface area contributed by atoms with Crippen LogP contribution in [0.15, 0.2) is 0 Å². The van der Waals surface area contributed by atoms with Crippen LogP contribution in [0.4, 0.5) is 0 Å². The molecule has 0 spiro atoms. The summed E-state index contributed by atoms with van der Waals surface area (Å²) in [6.45, 7) is 11.0. The van der Waals surface area contributed by atoms with Crippen LogP contribution in [0.1, 0.15) is 20.8 Å². The van der Waals surface area contributed by atoms with Gasteiger partial charge in [-0.2, -0.15) is 0 Å². The third-order valence-corrected chi connectivity index (χ3v) is 3.89. The van der Waals surface area contributed by atoms with Gasteiger partial charge in [0.25, 0.3) is 0 Å². The molecule has 1 N–H and O–H groups in total. The van der Waals surface area contributed by atoms with E-state index in [2.05, 4.69) is 31.0 Å².